The van der Waals surface area contributed by atoms with E-state index in [1.807, 2.05) is 0 Å². The van der Waals surface area contributed by atoms with Gasteiger partial charge in [0.05, 0.1) is 12.9 Å². The third-order valence-corrected chi connectivity index (χ3v) is 4.55. The second-order valence-corrected chi connectivity index (χ2v) is 7.27. The van der Waals surface area contributed by atoms with Gasteiger partial charge in [0.2, 0.25) is 0 Å². The van der Waals surface area contributed by atoms with Crippen molar-refractivity contribution in [2.75, 3.05) is 12.9 Å². The zero-order valence-electron chi connectivity index (χ0n) is 11.7. The van der Waals surface area contributed by atoms with Gasteiger partial charge in [-0.1, -0.05) is 0 Å². The first-order chi connectivity index (χ1) is 9.30. The van der Waals surface area contributed by atoms with Gasteiger partial charge < -0.3 is 4.74 Å². The smallest absolute Gasteiger partial charge is 0.316 e. The Morgan fingerprint density at radius 3 is 2.35 bits per heavy atom. The second-order valence-electron chi connectivity index (χ2n) is 5.67. The molecule has 3 rings (SSSR count). The topological polar surface area (TPSA) is 86.7 Å². The van der Waals surface area contributed by atoms with E-state index in [9.17, 15) is 18.0 Å². The van der Waals surface area contributed by atoms with E-state index >= 15 is 0 Å². The fourth-order valence-electron chi connectivity index (χ4n) is 3.10. The molecule has 6 nitrogen and oxygen atoms in total. The standard InChI is InChI=1S/C13H20O6S/c1-3-18-13(15)10-6-8-4-9(5-8)7-11(12(10)14)19-20(2,16)17/h8-11H,3-7H2,1-2H3/t8?,9?,10-,11+/m0/s1. The van der Waals surface area contributed by atoms with E-state index in [0.29, 0.717) is 24.7 Å². The monoisotopic (exact) mass is 304 g/mol. The number of hydrogen-bond donors (Lipinski definition) is 0. The molecule has 7 heteroatoms. The molecule has 0 aliphatic heterocycles. The number of carbonyl (C=O) groups is 2. The van der Waals surface area contributed by atoms with E-state index in [4.69, 9.17) is 8.92 Å². The summed E-state index contributed by atoms with van der Waals surface area (Å²) in [5.41, 5.74) is 0. The van der Waals surface area contributed by atoms with Crippen LogP contribution in [0, 0.1) is 17.8 Å². The Hall–Kier alpha value is -0.950. The van der Waals surface area contributed by atoms with Crippen LogP contribution in [0.15, 0.2) is 0 Å². The van der Waals surface area contributed by atoms with E-state index in [2.05, 4.69) is 0 Å². The summed E-state index contributed by atoms with van der Waals surface area (Å²) in [5, 5.41) is 0. The van der Waals surface area contributed by atoms with Crippen LogP contribution >= 0.6 is 0 Å². The van der Waals surface area contributed by atoms with Crippen molar-refractivity contribution in [3.8, 4) is 0 Å². The highest BCUT2D eigenvalue weighted by atomic mass is 32.2. The average Bonchev–Trinajstić information content (AvgIpc) is 2.26. The molecule has 3 saturated carbocycles. The molecule has 20 heavy (non-hydrogen) atoms. The SMILES string of the molecule is CCOC(=O)[C@H]1CC2CC(C2)C[C@@H](OS(C)(=O)=O)C1=O. The van der Waals surface area contributed by atoms with Crippen molar-refractivity contribution in [2.45, 2.75) is 38.7 Å². The lowest BCUT2D eigenvalue weighted by Crippen LogP contribution is -2.45. The maximum absolute atomic E-state index is 12.4. The number of Topliss-reactive ketones (excluding diaryl/α,β-unsaturated/α-hetero) is 1. The zero-order chi connectivity index (χ0) is 14.9. The molecule has 0 spiro atoms. The first-order valence-electron chi connectivity index (χ1n) is 6.88. The van der Waals surface area contributed by atoms with E-state index in [-0.39, 0.29) is 6.61 Å². The number of hydrogen-bond acceptors (Lipinski definition) is 6. The van der Waals surface area contributed by atoms with Crippen molar-refractivity contribution in [1.82, 2.24) is 0 Å². The number of ether oxygens (including phenoxy) is 1. The lowest BCUT2D eigenvalue weighted by Gasteiger charge is -2.41. The highest BCUT2D eigenvalue weighted by molar-refractivity contribution is 7.86. The maximum atomic E-state index is 12.4. The van der Waals surface area contributed by atoms with Gasteiger partial charge in [-0.3, -0.25) is 13.8 Å². The van der Waals surface area contributed by atoms with Crippen molar-refractivity contribution in [3.63, 3.8) is 0 Å². The van der Waals surface area contributed by atoms with Crippen LogP contribution in [0.2, 0.25) is 0 Å². The first-order valence-corrected chi connectivity index (χ1v) is 8.70. The lowest BCUT2D eigenvalue weighted by atomic mass is 9.65. The largest absolute Gasteiger partial charge is 0.465 e. The quantitative estimate of drug-likeness (QED) is 0.436. The van der Waals surface area contributed by atoms with Crippen LogP contribution in [-0.2, 0) is 28.6 Å². The second kappa shape index (κ2) is 5.81. The normalized spacial score (nSPS) is 33.8. The molecular weight excluding hydrogens is 284 g/mol. The van der Waals surface area contributed by atoms with Crippen LogP contribution in [0.1, 0.15) is 32.6 Å². The Labute approximate surface area is 118 Å². The molecule has 3 fully saturated rings. The van der Waals surface area contributed by atoms with Gasteiger partial charge in [0.25, 0.3) is 10.1 Å². The Bertz CT molecular complexity index is 491. The molecule has 0 unspecified atom stereocenters. The molecule has 0 aromatic carbocycles. The first kappa shape index (κ1) is 15.4. The van der Waals surface area contributed by atoms with E-state index < -0.39 is 33.9 Å². The summed E-state index contributed by atoms with van der Waals surface area (Å²) >= 11 is 0. The number of carbonyl (C=O) groups excluding carboxylic acids is 2. The average molecular weight is 304 g/mol. The summed E-state index contributed by atoms with van der Waals surface area (Å²) in [6, 6.07) is 0. The number of rotatable bonds is 4. The molecule has 0 aromatic rings. The molecular formula is C13H20O6S. The van der Waals surface area contributed by atoms with Gasteiger partial charge in [-0.15, -0.1) is 0 Å². The summed E-state index contributed by atoms with van der Waals surface area (Å²) in [5.74, 6) is -1.24. The lowest BCUT2D eigenvalue weighted by molar-refractivity contribution is -0.156. The summed E-state index contributed by atoms with van der Waals surface area (Å²) in [7, 11) is -3.73. The molecule has 0 aromatic heterocycles. The van der Waals surface area contributed by atoms with Crippen molar-refractivity contribution in [1.29, 1.82) is 0 Å². The molecule has 3 aliphatic rings. The van der Waals surface area contributed by atoms with Gasteiger partial charge in [0, 0.05) is 0 Å². The van der Waals surface area contributed by atoms with Gasteiger partial charge in [0.1, 0.15) is 12.0 Å². The number of esters is 1. The van der Waals surface area contributed by atoms with Crippen LogP contribution in [0.3, 0.4) is 0 Å². The van der Waals surface area contributed by atoms with Crippen molar-refractivity contribution >= 4 is 21.9 Å². The molecule has 0 radical (unpaired) electrons. The molecule has 114 valence electrons. The minimum absolute atomic E-state index is 0.202. The minimum Gasteiger partial charge on any atom is -0.465 e. The molecule has 0 heterocycles. The van der Waals surface area contributed by atoms with Gasteiger partial charge in [0.15, 0.2) is 5.78 Å². The zero-order valence-corrected chi connectivity index (χ0v) is 12.5. The highest BCUT2D eigenvalue weighted by Gasteiger charge is 2.45. The third kappa shape index (κ3) is 3.58. The van der Waals surface area contributed by atoms with Gasteiger partial charge in [-0.05, 0) is 44.4 Å². The van der Waals surface area contributed by atoms with Crippen molar-refractivity contribution in [3.05, 3.63) is 0 Å². The highest BCUT2D eigenvalue weighted by Crippen LogP contribution is 2.44. The summed E-state index contributed by atoms with van der Waals surface area (Å²) < 4.78 is 32.4. The van der Waals surface area contributed by atoms with E-state index in [1.54, 1.807) is 6.92 Å². The molecule has 2 bridgehead atoms. The van der Waals surface area contributed by atoms with Crippen LogP contribution in [-0.4, -0.2) is 39.1 Å². The molecule has 2 atom stereocenters. The fourth-order valence-corrected chi connectivity index (χ4v) is 3.70. The van der Waals surface area contributed by atoms with Crippen LogP contribution in [0.5, 0.6) is 0 Å². The van der Waals surface area contributed by atoms with Gasteiger partial charge in [-0.25, -0.2) is 0 Å². The summed E-state index contributed by atoms with van der Waals surface area (Å²) in [4.78, 5) is 24.3. The summed E-state index contributed by atoms with van der Waals surface area (Å²) in [6.45, 7) is 1.88. The molecule has 3 aliphatic carbocycles. The third-order valence-electron chi connectivity index (χ3n) is 3.97. The molecule has 0 amide bonds. The fraction of sp³-hybridized carbons (Fsp3) is 0.846. The maximum Gasteiger partial charge on any atom is 0.316 e. The Morgan fingerprint density at radius 1 is 1.20 bits per heavy atom. The molecule has 0 saturated heterocycles. The number of ketones is 1. The minimum atomic E-state index is -3.73. The predicted octanol–water partition coefficient (Wildman–Crippen LogP) is 0.900. The van der Waals surface area contributed by atoms with Crippen molar-refractivity contribution in [2.24, 2.45) is 17.8 Å². The van der Waals surface area contributed by atoms with Gasteiger partial charge in [-0.2, -0.15) is 8.42 Å². The van der Waals surface area contributed by atoms with Crippen LogP contribution in [0.4, 0.5) is 0 Å². The Kier molecular flexibility index (Phi) is 4.49. The Balaban J connectivity index is 2.17. The molecule has 0 N–H and O–H groups in total. The van der Waals surface area contributed by atoms with Crippen LogP contribution in [0.25, 0.3) is 0 Å². The number of fused-ring (bicyclic) bond motifs is 4. The Morgan fingerprint density at radius 2 is 1.80 bits per heavy atom. The van der Waals surface area contributed by atoms with E-state index in [0.717, 1.165) is 19.1 Å². The predicted molar refractivity (Wildman–Crippen MR) is 70.3 cm³/mol. The van der Waals surface area contributed by atoms with Crippen molar-refractivity contribution < 1.29 is 26.9 Å². The van der Waals surface area contributed by atoms with Gasteiger partial charge >= 0.3 is 5.97 Å². The summed E-state index contributed by atoms with van der Waals surface area (Å²) in [6.07, 6.45) is 2.53. The van der Waals surface area contributed by atoms with E-state index in [1.165, 1.54) is 0 Å². The van der Waals surface area contributed by atoms with Crippen LogP contribution < -0.4 is 0 Å².